The van der Waals surface area contributed by atoms with Gasteiger partial charge in [0, 0.05) is 17.6 Å². The van der Waals surface area contributed by atoms with E-state index in [0.29, 0.717) is 19.5 Å². The zero-order valence-corrected chi connectivity index (χ0v) is 20.1. The Labute approximate surface area is 203 Å². The van der Waals surface area contributed by atoms with E-state index in [1.807, 2.05) is 55.5 Å². The van der Waals surface area contributed by atoms with Crippen LogP contribution in [0.5, 0.6) is 0 Å². The molecule has 0 bridgehead atoms. The van der Waals surface area contributed by atoms with Crippen molar-refractivity contribution >= 4 is 34.5 Å². The molecule has 1 aliphatic rings. The van der Waals surface area contributed by atoms with Crippen molar-refractivity contribution in [3.05, 3.63) is 65.4 Å². The fourth-order valence-corrected chi connectivity index (χ4v) is 4.83. The maximum atomic E-state index is 13.1. The summed E-state index contributed by atoms with van der Waals surface area (Å²) in [5, 5.41) is 13.7. The number of nitrogens with one attached hydrogen (secondary N) is 2. The smallest absolute Gasteiger partial charge is 0.322 e. The summed E-state index contributed by atoms with van der Waals surface area (Å²) in [6.45, 7) is 6.28. The van der Waals surface area contributed by atoms with E-state index in [4.69, 9.17) is 5.73 Å². The highest BCUT2D eigenvalue weighted by atomic mass is 16.4. The van der Waals surface area contributed by atoms with Crippen LogP contribution in [0.2, 0.25) is 0 Å². The second-order valence-corrected chi connectivity index (χ2v) is 9.37. The van der Waals surface area contributed by atoms with Gasteiger partial charge in [-0.05, 0) is 48.6 Å². The number of hydrogen-bond donors (Lipinski definition) is 4. The molecule has 0 radical (unpaired) electrons. The SMILES string of the molecule is Cc1cccc(NC(=O)N2CCc3c(n(N[C@H](C(N)=O)[C@H](C(=O)O)C(C)C)c4ccccc34)C2)c1. The highest BCUT2D eigenvalue weighted by Crippen LogP contribution is 2.31. The predicted octanol–water partition coefficient (Wildman–Crippen LogP) is 3.29. The van der Waals surface area contributed by atoms with Crippen LogP contribution in [0, 0.1) is 18.8 Å². The third-order valence-electron chi connectivity index (χ3n) is 6.55. The normalized spacial score (nSPS) is 14.9. The molecule has 9 nitrogen and oxygen atoms in total. The van der Waals surface area contributed by atoms with Crippen molar-refractivity contribution in [2.24, 2.45) is 17.6 Å². The van der Waals surface area contributed by atoms with Crippen LogP contribution in [0.3, 0.4) is 0 Å². The zero-order chi connectivity index (χ0) is 25.3. The molecule has 2 aromatic carbocycles. The largest absolute Gasteiger partial charge is 0.481 e. The molecule has 3 amide bonds. The Balaban J connectivity index is 1.69. The molecule has 5 N–H and O–H groups in total. The Bertz CT molecular complexity index is 1280. The molecule has 0 saturated carbocycles. The van der Waals surface area contributed by atoms with E-state index in [0.717, 1.165) is 33.4 Å². The van der Waals surface area contributed by atoms with Gasteiger partial charge < -0.3 is 26.5 Å². The molecule has 1 aromatic heterocycles. The number of carbonyl (C=O) groups is 3. The molecule has 1 aliphatic heterocycles. The molecule has 0 unspecified atom stereocenters. The molecule has 2 atom stereocenters. The van der Waals surface area contributed by atoms with E-state index in [9.17, 15) is 19.5 Å². The highest BCUT2D eigenvalue weighted by Gasteiger charge is 2.37. The average Bonchev–Trinajstić information content (AvgIpc) is 3.11. The quantitative estimate of drug-likeness (QED) is 0.415. The van der Waals surface area contributed by atoms with Gasteiger partial charge in [0.25, 0.3) is 0 Å². The lowest BCUT2D eigenvalue weighted by atomic mass is 9.88. The lowest BCUT2D eigenvalue weighted by Gasteiger charge is -2.31. The van der Waals surface area contributed by atoms with Gasteiger partial charge in [-0.15, -0.1) is 0 Å². The van der Waals surface area contributed by atoms with Crippen LogP contribution in [0.15, 0.2) is 48.5 Å². The Morgan fingerprint density at radius 1 is 1.09 bits per heavy atom. The van der Waals surface area contributed by atoms with Crippen molar-refractivity contribution in [2.45, 2.75) is 39.8 Å². The van der Waals surface area contributed by atoms with E-state index in [1.165, 1.54) is 0 Å². The van der Waals surface area contributed by atoms with E-state index in [1.54, 1.807) is 23.4 Å². The number of urea groups is 1. The number of nitrogens with two attached hydrogens (primary N) is 1. The van der Waals surface area contributed by atoms with Gasteiger partial charge in [-0.2, -0.15) is 0 Å². The Kier molecular flexibility index (Phi) is 6.68. The first-order valence-corrected chi connectivity index (χ1v) is 11.7. The summed E-state index contributed by atoms with van der Waals surface area (Å²) in [7, 11) is 0. The van der Waals surface area contributed by atoms with Gasteiger partial charge in [-0.3, -0.25) is 14.3 Å². The standard InChI is InChI=1S/C26H31N5O4/c1-15(2)22(25(33)34)23(24(27)32)29-31-20-10-5-4-9-18(20)19-11-12-30(14-21(19)31)26(35)28-17-8-6-7-16(3)13-17/h4-10,13,15,22-23,29H,11-12,14H2,1-3H3,(H2,27,32)(H,28,35)(H,33,34)/t22-,23+/m1/s1. The fraction of sp³-hybridized carbons (Fsp3) is 0.346. The molecular formula is C26H31N5O4. The van der Waals surface area contributed by atoms with Gasteiger partial charge in [-0.25, -0.2) is 4.79 Å². The summed E-state index contributed by atoms with van der Waals surface area (Å²) in [6.07, 6.45) is 0.625. The molecule has 4 rings (SSSR count). The molecule has 2 heterocycles. The minimum absolute atomic E-state index is 0.227. The third-order valence-corrected chi connectivity index (χ3v) is 6.55. The number of aromatic nitrogens is 1. The van der Waals surface area contributed by atoms with Crippen LogP contribution in [0.25, 0.3) is 10.9 Å². The number of carboxylic acids is 1. The third kappa shape index (κ3) is 4.80. The van der Waals surface area contributed by atoms with Gasteiger partial charge in [-0.1, -0.05) is 44.2 Å². The van der Waals surface area contributed by atoms with Crippen molar-refractivity contribution < 1.29 is 19.5 Å². The Hall–Kier alpha value is -4.01. The Morgan fingerprint density at radius 2 is 1.83 bits per heavy atom. The molecule has 3 aromatic rings. The average molecular weight is 478 g/mol. The number of carboxylic acid groups (broad SMARTS) is 1. The first-order chi connectivity index (χ1) is 16.7. The van der Waals surface area contributed by atoms with Crippen molar-refractivity contribution in [1.29, 1.82) is 0 Å². The Morgan fingerprint density at radius 3 is 2.49 bits per heavy atom. The number of hydrogen-bond acceptors (Lipinski definition) is 4. The second-order valence-electron chi connectivity index (χ2n) is 9.37. The molecule has 184 valence electrons. The topological polar surface area (TPSA) is 130 Å². The van der Waals surface area contributed by atoms with Crippen LogP contribution in [0.1, 0.15) is 30.7 Å². The van der Waals surface area contributed by atoms with Gasteiger partial charge in [0.1, 0.15) is 6.04 Å². The fourth-order valence-electron chi connectivity index (χ4n) is 4.83. The van der Waals surface area contributed by atoms with Crippen LogP contribution in [0.4, 0.5) is 10.5 Å². The minimum atomic E-state index is -1.14. The molecule has 9 heteroatoms. The van der Waals surface area contributed by atoms with Crippen molar-refractivity contribution in [1.82, 2.24) is 9.58 Å². The number of rotatable bonds is 7. The monoisotopic (exact) mass is 477 g/mol. The molecule has 35 heavy (non-hydrogen) atoms. The van der Waals surface area contributed by atoms with E-state index < -0.39 is 23.8 Å². The lowest BCUT2D eigenvalue weighted by molar-refractivity contribution is -0.146. The molecule has 0 fully saturated rings. The summed E-state index contributed by atoms with van der Waals surface area (Å²) < 4.78 is 1.74. The first kappa shape index (κ1) is 24.1. The summed E-state index contributed by atoms with van der Waals surface area (Å²) >= 11 is 0. The van der Waals surface area contributed by atoms with Crippen LogP contribution < -0.4 is 16.5 Å². The molecular weight excluding hydrogens is 446 g/mol. The second kappa shape index (κ2) is 9.69. The molecule has 0 aliphatic carbocycles. The maximum Gasteiger partial charge on any atom is 0.322 e. The number of aryl methyl sites for hydroxylation is 1. The van der Waals surface area contributed by atoms with E-state index in [-0.39, 0.29) is 11.9 Å². The number of anilines is 1. The van der Waals surface area contributed by atoms with Gasteiger partial charge in [0.05, 0.1) is 23.7 Å². The number of nitrogens with zero attached hydrogens (tertiary/aromatic N) is 2. The lowest BCUT2D eigenvalue weighted by Crippen LogP contribution is -2.50. The number of para-hydroxylation sites is 1. The summed E-state index contributed by atoms with van der Waals surface area (Å²) in [6, 6.07) is 13.9. The highest BCUT2D eigenvalue weighted by molar-refractivity contribution is 5.92. The van der Waals surface area contributed by atoms with E-state index in [2.05, 4.69) is 10.7 Å². The first-order valence-electron chi connectivity index (χ1n) is 11.7. The van der Waals surface area contributed by atoms with Gasteiger partial charge in [0.2, 0.25) is 5.91 Å². The molecule has 0 saturated heterocycles. The summed E-state index contributed by atoms with van der Waals surface area (Å²) in [5.74, 6) is -3.19. The minimum Gasteiger partial charge on any atom is -0.481 e. The number of fused-ring (bicyclic) bond motifs is 3. The van der Waals surface area contributed by atoms with Gasteiger partial charge in [0.15, 0.2) is 0 Å². The van der Waals surface area contributed by atoms with Crippen LogP contribution in [-0.2, 0) is 22.6 Å². The number of primary amides is 1. The van der Waals surface area contributed by atoms with Crippen LogP contribution >= 0.6 is 0 Å². The maximum absolute atomic E-state index is 13.1. The van der Waals surface area contributed by atoms with E-state index >= 15 is 0 Å². The molecule has 0 spiro atoms. The number of benzene rings is 2. The zero-order valence-electron chi connectivity index (χ0n) is 20.1. The number of amides is 3. The summed E-state index contributed by atoms with van der Waals surface area (Å²) in [4.78, 5) is 39.2. The van der Waals surface area contributed by atoms with Crippen molar-refractivity contribution in [2.75, 3.05) is 17.3 Å². The van der Waals surface area contributed by atoms with Gasteiger partial charge >= 0.3 is 12.0 Å². The summed E-state index contributed by atoms with van der Waals surface area (Å²) in [5.41, 5.74) is 13.2. The number of carbonyl (C=O) groups excluding carboxylic acids is 2. The predicted molar refractivity (Wildman–Crippen MR) is 135 cm³/mol. The van der Waals surface area contributed by atoms with Crippen LogP contribution in [-0.4, -0.2) is 45.2 Å². The number of aliphatic carboxylic acids is 1. The van der Waals surface area contributed by atoms with Crippen molar-refractivity contribution in [3.63, 3.8) is 0 Å². The van der Waals surface area contributed by atoms with Crippen molar-refractivity contribution in [3.8, 4) is 0 Å².